The summed E-state index contributed by atoms with van der Waals surface area (Å²) in [5.41, 5.74) is 2.87. The molecule has 0 atom stereocenters. The topological polar surface area (TPSA) is 64.0 Å². The maximum absolute atomic E-state index is 11.8. The summed E-state index contributed by atoms with van der Waals surface area (Å²) < 4.78 is 3.07. The number of imide groups is 1. The van der Waals surface area contributed by atoms with Gasteiger partial charge in [0.1, 0.15) is 0 Å². The number of thioether (sulfide) groups is 1. The SMILES string of the molecule is O=C1NC(=O)/C(=C/c2cn(Cc3ccccn3)c3cc(Br)ccc23)S1. The summed E-state index contributed by atoms with van der Waals surface area (Å²) in [6.07, 6.45) is 5.51. The number of carbonyl (C=O) groups excluding carboxylic acids is 2. The van der Waals surface area contributed by atoms with E-state index in [1.165, 1.54) is 0 Å². The Morgan fingerprint density at radius 3 is 2.84 bits per heavy atom. The van der Waals surface area contributed by atoms with Crippen LogP contribution in [0.3, 0.4) is 0 Å². The number of pyridine rings is 1. The first-order chi connectivity index (χ1) is 12.1. The predicted molar refractivity (Wildman–Crippen MR) is 102 cm³/mol. The summed E-state index contributed by atoms with van der Waals surface area (Å²) in [5.74, 6) is -0.349. The Morgan fingerprint density at radius 1 is 1.24 bits per heavy atom. The van der Waals surface area contributed by atoms with E-state index in [9.17, 15) is 9.59 Å². The largest absolute Gasteiger partial charge is 0.341 e. The lowest BCUT2D eigenvalue weighted by Gasteiger charge is -2.04. The molecular weight excluding hydrogens is 402 g/mol. The molecule has 0 bridgehead atoms. The lowest BCUT2D eigenvalue weighted by Crippen LogP contribution is -2.17. The zero-order valence-corrected chi connectivity index (χ0v) is 15.3. The van der Waals surface area contributed by atoms with Crippen LogP contribution in [0.2, 0.25) is 0 Å². The quantitative estimate of drug-likeness (QED) is 0.654. The molecule has 0 saturated carbocycles. The summed E-state index contributed by atoms with van der Waals surface area (Å²) >= 11 is 4.43. The van der Waals surface area contributed by atoms with Crippen molar-refractivity contribution in [3.8, 4) is 0 Å². The highest BCUT2D eigenvalue weighted by Gasteiger charge is 2.25. The maximum atomic E-state index is 11.8. The van der Waals surface area contributed by atoms with E-state index in [0.717, 1.165) is 38.4 Å². The van der Waals surface area contributed by atoms with Gasteiger partial charge < -0.3 is 4.57 Å². The van der Waals surface area contributed by atoms with Crippen LogP contribution in [0.5, 0.6) is 0 Å². The van der Waals surface area contributed by atoms with Gasteiger partial charge in [0.15, 0.2) is 0 Å². The maximum Gasteiger partial charge on any atom is 0.290 e. The van der Waals surface area contributed by atoms with E-state index in [2.05, 4.69) is 30.8 Å². The Morgan fingerprint density at radius 2 is 2.12 bits per heavy atom. The fourth-order valence-electron chi connectivity index (χ4n) is 2.77. The summed E-state index contributed by atoms with van der Waals surface area (Å²) in [7, 11) is 0. The van der Waals surface area contributed by atoms with Gasteiger partial charge in [0.25, 0.3) is 11.1 Å². The molecule has 2 aromatic heterocycles. The molecule has 3 aromatic rings. The minimum Gasteiger partial charge on any atom is -0.341 e. The molecule has 0 aliphatic carbocycles. The smallest absolute Gasteiger partial charge is 0.290 e. The van der Waals surface area contributed by atoms with Crippen LogP contribution in [0, 0.1) is 0 Å². The molecule has 5 nitrogen and oxygen atoms in total. The molecule has 2 amide bonds. The van der Waals surface area contributed by atoms with Gasteiger partial charge in [-0.05, 0) is 42.1 Å². The number of hydrogen-bond acceptors (Lipinski definition) is 4. The van der Waals surface area contributed by atoms with E-state index >= 15 is 0 Å². The molecule has 1 aromatic carbocycles. The number of benzene rings is 1. The molecule has 124 valence electrons. The lowest BCUT2D eigenvalue weighted by atomic mass is 10.1. The molecule has 4 rings (SSSR count). The van der Waals surface area contributed by atoms with Gasteiger partial charge in [-0.3, -0.25) is 19.9 Å². The molecule has 1 saturated heterocycles. The predicted octanol–water partition coefficient (Wildman–Crippen LogP) is 4.17. The summed E-state index contributed by atoms with van der Waals surface area (Å²) in [5, 5.41) is 2.96. The Bertz CT molecular complexity index is 1030. The average Bonchev–Trinajstić information content (AvgIpc) is 3.08. The van der Waals surface area contributed by atoms with Gasteiger partial charge in [-0.1, -0.05) is 28.1 Å². The van der Waals surface area contributed by atoms with Crippen LogP contribution in [0.15, 0.2) is 58.2 Å². The summed E-state index contributed by atoms with van der Waals surface area (Å²) in [4.78, 5) is 28.0. The van der Waals surface area contributed by atoms with Crippen LogP contribution < -0.4 is 5.32 Å². The van der Waals surface area contributed by atoms with Crippen molar-refractivity contribution in [3.05, 3.63) is 69.4 Å². The second-order valence-corrected chi connectivity index (χ2v) is 7.48. The molecule has 25 heavy (non-hydrogen) atoms. The minimum absolute atomic E-state index is 0.337. The highest BCUT2D eigenvalue weighted by Crippen LogP contribution is 2.31. The molecule has 1 N–H and O–H groups in total. The molecule has 0 spiro atoms. The van der Waals surface area contributed by atoms with E-state index in [-0.39, 0.29) is 11.1 Å². The van der Waals surface area contributed by atoms with Crippen molar-refractivity contribution in [1.82, 2.24) is 14.9 Å². The number of carbonyl (C=O) groups is 2. The van der Waals surface area contributed by atoms with Gasteiger partial charge in [-0.15, -0.1) is 0 Å². The molecule has 7 heteroatoms. The number of halogens is 1. The second-order valence-electron chi connectivity index (χ2n) is 5.55. The van der Waals surface area contributed by atoms with Crippen molar-refractivity contribution in [2.75, 3.05) is 0 Å². The second kappa shape index (κ2) is 6.50. The average molecular weight is 414 g/mol. The molecule has 3 heterocycles. The fraction of sp³-hybridized carbons (Fsp3) is 0.0556. The van der Waals surface area contributed by atoms with Crippen molar-refractivity contribution in [2.45, 2.75) is 6.54 Å². The van der Waals surface area contributed by atoms with Crippen molar-refractivity contribution in [1.29, 1.82) is 0 Å². The van der Waals surface area contributed by atoms with Crippen LogP contribution >= 0.6 is 27.7 Å². The molecule has 0 radical (unpaired) electrons. The van der Waals surface area contributed by atoms with Gasteiger partial charge in [0, 0.05) is 27.8 Å². The molecule has 1 fully saturated rings. The van der Waals surface area contributed by atoms with Crippen LogP contribution in [0.1, 0.15) is 11.3 Å². The summed E-state index contributed by atoms with van der Waals surface area (Å²) in [6.45, 7) is 0.620. The van der Waals surface area contributed by atoms with E-state index in [1.54, 1.807) is 12.3 Å². The third-order valence-electron chi connectivity index (χ3n) is 3.86. The first kappa shape index (κ1) is 16.1. The van der Waals surface area contributed by atoms with E-state index < -0.39 is 0 Å². The Hall–Kier alpha value is -2.38. The monoisotopic (exact) mass is 413 g/mol. The van der Waals surface area contributed by atoms with Crippen molar-refractivity contribution in [2.24, 2.45) is 0 Å². The Kier molecular flexibility index (Phi) is 4.19. The molecule has 0 unspecified atom stereocenters. The first-order valence-corrected chi connectivity index (χ1v) is 9.14. The van der Waals surface area contributed by atoms with Crippen LogP contribution in [-0.4, -0.2) is 20.7 Å². The zero-order valence-electron chi connectivity index (χ0n) is 12.9. The van der Waals surface area contributed by atoms with Crippen LogP contribution in [-0.2, 0) is 11.3 Å². The normalized spacial score (nSPS) is 16.0. The minimum atomic E-state index is -0.349. The van der Waals surface area contributed by atoms with Crippen molar-refractivity contribution in [3.63, 3.8) is 0 Å². The Balaban J connectivity index is 1.81. The first-order valence-electron chi connectivity index (χ1n) is 7.53. The van der Waals surface area contributed by atoms with Crippen molar-refractivity contribution < 1.29 is 9.59 Å². The van der Waals surface area contributed by atoms with E-state index in [4.69, 9.17) is 0 Å². The van der Waals surface area contributed by atoms with Gasteiger partial charge in [0.2, 0.25) is 0 Å². The molecule has 1 aliphatic heterocycles. The number of rotatable bonds is 3. The van der Waals surface area contributed by atoms with E-state index in [1.807, 2.05) is 42.6 Å². The van der Waals surface area contributed by atoms with Gasteiger partial charge in [-0.25, -0.2) is 0 Å². The van der Waals surface area contributed by atoms with Gasteiger partial charge in [0.05, 0.1) is 22.7 Å². The third kappa shape index (κ3) is 3.25. The lowest BCUT2D eigenvalue weighted by molar-refractivity contribution is -0.115. The van der Waals surface area contributed by atoms with Gasteiger partial charge >= 0.3 is 0 Å². The number of hydrogen-bond donors (Lipinski definition) is 1. The van der Waals surface area contributed by atoms with Gasteiger partial charge in [-0.2, -0.15) is 0 Å². The molecule has 1 aliphatic rings. The third-order valence-corrected chi connectivity index (χ3v) is 5.17. The van der Waals surface area contributed by atoms with Crippen molar-refractivity contribution >= 4 is 55.8 Å². The Labute approximate surface area is 156 Å². The zero-order chi connectivity index (χ0) is 17.4. The molecular formula is C18H12BrN3O2S. The van der Waals surface area contributed by atoms with E-state index in [0.29, 0.717) is 11.4 Å². The standard InChI is InChI=1S/C18H12BrN3O2S/c19-12-4-5-14-11(7-16-17(23)21-18(24)25-16)9-22(15(14)8-12)10-13-3-1-2-6-20-13/h1-9H,10H2,(H,21,23,24)/b16-7-. The summed E-state index contributed by atoms with van der Waals surface area (Å²) in [6, 6.07) is 11.8. The highest BCUT2D eigenvalue weighted by atomic mass is 79.9. The number of nitrogens with zero attached hydrogens (tertiary/aromatic N) is 2. The fourth-order valence-corrected chi connectivity index (χ4v) is 3.79. The number of amides is 2. The number of aromatic nitrogens is 2. The highest BCUT2D eigenvalue weighted by molar-refractivity contribution is 9.10. The van der Waals surface area contributed by atoms with Crippen LogP contribution in [0.25, 0.3) is 17.0 Å². The number of nitrogens with one attached hydrogen (secondary N) is 1. The number of fused-ring (bicyclic) bond motifs is 1. The van der Waals surface area contributed by atoms with Crippen LogP contribution in [0.4, 0.5) is 4.79 Å².